The number of rotatable bonds is 8. The van der Waals surface area contributed by atoms with Gasteiger partial charge in [-0.2, -0.15) is 8.62 Å². The summed E-state index contributed by atoms with van der Waals surface area (Å²) in [7, 11) is -16.6. The number of aliphatic hydroxyl groups is 1. The molecule has 0 spiro atoms. The van der Waals surface area contributed by atoms with Crippen molar-refractivity contribution in [1.29, 1.82) is 0 Å². The van der Waals surface area contributed by atoms with E-state index in [1.807, 2.05) is 0 Å². The van der Waals surface area contributed by atoms with Crippen molar-refractivity contribution in [1.82, 2.24) is 9.55 Å². The second-order valence-corrected chi connectivity index (χ2v) is 11.3. The monoisotopic (exact) mass is 524 g/mol. The van der Waals surface area contributed by atoms with Gasteiger partial charge in [-0.1, -0.05) is 0 Å². The van der Waals surface area contributed by atoms with Gasteiger partial charge in [0.05, 0.1) is 23.6 Å². The lowest BCUT2D eigenvalue weighted by Gasteiger charge is -2.19. The van der Waals surface area contributed by atoms with Crippen LogP contribution in [0.3, 0.4) is 0 Å². The van der Waals surface area contributed by atoms with E-state index in [1.54, 1.807) is 0 Å². The molecule has 3 heterocycles. The number of nitrogens with zero attached hydrogens (tertiary/aromatic N) is 1. The molecule has 1 fully saturated rings. The van der Waals surface area contributed by atoms with Gasteiger partial charge in [-0.25, -0.2) is 18.5 Å². The third kappa shape index (κ3) is 6.06. The maximum atomic E-state index is 12.2. The molecular formula is C11H15N2O14P3S. The van der Waals surface area contributed by atoms with E-state index in [1.165, 1.54) is 10.8 Å². The minimum Gasteiger partial charge on any atom is -0.390 e. The number of phosphoric acid groups is 3. The number of H-pyrrole nitrogens is 1. The van der Waals surface area contributed by atoms with Gasteiger partial charge in [-0.3, -0.25) is 18.9 Å². The Bertz CT molecular complexity index is 1230. The summed E-state index contributed by atoms with van der Waals surface area (Å²) in [6, 6.07) is 0. The van der Waals surface area contributed by atoms with E-state index >= 15 is 0 Å². The number of nitrogens with one attached hydrogen (secondary N) is 1. The standard InChI is InChI=1S/C11H15N2O14P3S/c14-7-1-9(13-6-4-31-3-5(6)10(15)12-11(13)16)25-8(7)2-24-29(20,21)27-30(22,23)26-28(17,18)19/h3-4,7-9,14H,1-2H2,(H,20,21)(H,22,23)(H,12,15,16)(H2,17,18,19)/t7-,8+,9+/m0/s1. The van der Waals surface area contributed by atoms with Gasteiger partial charge in [-0.05, 0) is 0 Å². The molecule has 5 atom stereocenters. The van der Waals surface area contributed by atoms with Crippen molar-refractivity contribution in [3.8, 4) is 0 Å². The van der Waals surface area contributed by atoms with Gasteiger partial charge in [-0.15, -0.1) is 11.3 Å². The van der Waals surface area contributed by atoms with Crippen LogP contribution in [0.1, 0.15) is 12.6 Å². The zero-order chi connectivity index (χ0) is 23.2. The first-order valence-corrected chi connectivity index (χ1v) is 13.5. The summed E-state index contributed by atoms with van der Waals surface area (Å²) < 4.78 is 51.8. The number of aromatic amines is 1. The van der Waals surface area contributed by atoms with Crippen LogP contribution in [0, 0.1) is 0 Å². The second kappa shape index (κ2) is 8.72. The van der Waals surface area contributed by atoms with Gasteiger partial charge in [0.1, 0.15) is 12.3 Å². The van der Waals surface area contributed by atoms with Crippen LogP contribution in [0.15, 0.2) is 20.3 Å². The Kier molecular flexibility index (Phi) is 6.93. The molecule has 20 heteroatoms. The van der Waals surface area contributed by atoms with Crippen LogP contribution in [0.5, 0.6) is 0 Å². The van der Waals surface area contributed by atoms with Gasteiger partial charge in [0.15, 0.2) is 0 Å². The molecule has 0 radical (unpaired) electrons. The van der Waals surface area contributed by atoms with Crippen molar-refractivity contribution >= 4 is 45.7 Å². The smallest absolute Gasteiger partial charge is 0.390 e. The molecule has 2 aromatic heterocycles. The van der Waals surface area contributed by atoms with Gasteiger partial charge in [0, 0.05) is 17.2 Å². The molecule has 16 nitrogen and oxygen atoms in total. The van der Waals surface area contributed by atoms with Crippen molar-refractivity contribution in [2.75, 3.05) is 6.61 Å². The summed E-state index contributed by atoms with van der Waals surface area (Å²) in [4.78, 5) is 61.7. The number of hydrogen-bond acceptors (Lipinski definition) is 11. The fraction of sp³-hybridized carbons (Fsp3) is 0.455. The topological polar surface area (TPSA) is 244 Å². The molecule has 1 saturated heterocycles. The minimum atomic E-state index is -5.69. The molecule has 0 aromatic carbocycles. The number of phosphoric ester groups is 1. The third-order valence-electron chi connectivity index (χ3n) is 3.89. The first kappa shape index (κ1) is 24.6. The zero-order valence-electron chi connectivity index (χ0n) is 14.9. The number of aromatic nitrogens is 2. The van der Waals surface area contributed by atoms with Gasteiger partial charge >= 0.3 is 29.2 Å². The van der Waals surface area contributed by atoms with Gasteiger partial charge < -0.3 is 29.4 Å². The summed E-state index contributed by atoms with van der Waals surface area (Å²) in [5.41, 5.74) is -1.19. The van der Waals surface area contributed by atoms with Crippen LogP contribution < -0.4 is 11.2 Å². The number of aliphatic hydroxyl groups excluding tert-OH is 1. The summed E-state index contributed by atoms with van der Waals surface area (Å²) in [5, 5.41) is 13.4. The summed E-state index contributed by atoms with van der Waals surface area (Å²) >= 11 is 1.15. The third-order valence-corrected chi connectivity index (χ3v) is 8.43. The Morgan fingerprint density at radius 2 is 1.81 bits per heavy atom. The predicted molar refractivity (Wildman–Crippen MR) is 101 cm³/mol. The minimum absolute atomic E-state index is 0.179. The number of hydrogen-bond donors (Lipinski definition) is 6. The van der Waals surface area contributed by atoms with Crippen LogP contribution in [-0.2, 0) is 31.6 Å². The quantitative estimate of drug-likeness (QED) is 0.244. The van der Waals surface area contributed by atoms with Crippen LogP contribution in [-0.4, -0.2) is 53.0 Å². The van der Waals surface area contributed by atoms with E-state index in [4.69, 9.17) is 19.4 Å². The molecule has 1 aliphatic heterocycles. The lowest BCUT2D eigenvalue weighted by molar-refractivity contribution is -0.0434. The van der Waals surface area contributed by atoms with Crippen LogP contribution in [0.25, 0.3) is 10.9 Å². The van der Waals surface area contributed by atoms with E-state index in [2.05, 4.69) is 18.1 Å². The molecule has 174 valence electrons. The van der Waals surface area contributed by atoms with Crippen molar-refractivity contribution in [2.45, 2.75) is 24.9 Å². The van der Waals surface area contributed by atoms with Crippen molar-refractivity contribution in [3.05, 3.63) is 31.6 Å². The predicted octanol–water partition coefficient (Wildman–Crippen LogP) is -0.257. The Labute approximate surface area is 175 Å². The lowest BCUT2D eigenvalue weighted by Crippen LogP contribution is -2.32. The van der Waals surface area contributed by atoms with Gasteiger partial charge in [0.2, 0.25) is 0 Å². The van der Waals surface area contributed by atoms with E-state index in [0.717, 1.165) is 15.9 Å². The largest absolute Gasteiger partial charge is 0.490 e. The molecule has 6 N–H and O–H groups in total. The van der Waals surface area contributed by atoms with Crippen LogP contribution in [0.2, 0.25) is 0 Å². The normalized spacial score (nSPS) is 26.0. The Morgan fingerprint density at radius 3 is 2.45 bits per heavy atom. The molecule has 2 unspecified atom stereocenters. The fourth-order valence-electron chi connectivity index (χ4n) is 2.76. The Balaban J connectivity index is 1.70. The molecule has 0 saturated carbocycles. The maximum absolute atomic E-state index is 12.2. The fourth-order valence-corrected chi connectivity index (χ4v) is 6.59. The molecule has 0 bridgehead atoms. The Hall–Kier alpha value is -1.03. The average molecular weight is 524 g/mol. The van der Waals surface area contributed by atoms with Crippen molar-refractivity contribution in [2.24, 2.45) is 0 Å². The summed E-state index contributed by atoms with van der Waals surface area (Å²) in [5.74, 6) is 0. The SMILES string of the molecule is O=c1[nH]c(=O)n([C@H]2C[C@H](O)[C@@H](COP(=O)(O)OP(=O)(O)OP(=O)(O)O)O2)c2cscc12. The highest BCUT2D eigenvalue weighted by Crippen LogP contribution is 2.66. The number of ether oxygens (including phenoxy) is 1. The first-order valence-electron chi connectivity index (χ1n) is 8.00. The molecule has 0 amide bonds. The van der Waals surface area contributed by atoms with Crippen LogP contribution in [0.4, 0.5) is 0 Å². The van der Waals surface area contributed by atoms with Crippen LogP contribution >= 0.6 is 34.8 Å². The highest BCUT2D eigenvalue weighted by Gasteiger charge is 2.43. The number of fused-ring (bicyclic) bond motifs is 1. The van der Waals surface area contributed by atoms with Crippen molar-refractivity contribution in [3.63, 3.8) is 0 Å². The molecule has 0 aliphatic carbocycles. The van der Waals surface area contributed by atoms with E-state index in [0.29, 0.717) is 0 Å². The summed E-state index contributed by atoms with van der Waals surface area (Å²) in [6.45, 7) is -0.883. The Morgan fingerprint density at radius 1 is 1.13 bits per heavy atom. The first-order chi connectivity index (χ1) is 14.2. The molecule has 3 rings (SSSR count). The van der Waals surface area contributed by atoms with E-state index < -0.39 is 59.8 Å². The molecule has 2 aromatic rings. The average Bonchev–Trinajstić information content (AvgIpc) is 3.17. The molecule has 1 aliphatic rings. The van der Waals surface area contributed by atoms with Crippen molar-refractivity contribution < 1.29 is 56.3 Å². The maximum Gasteiger partial charge on any atom is 0.490 e. The molecular weight excluding hydrogens is 509 g/mol. The highest BCUT2D eigenvalue weighted by atomic mass is 32.1. The highest BCUT2D eigenvalue weighted by molar-refractivity contribution is 7.66. The van der Waals surface area contributed by atoms with E-state index in [-0.39, 0.29) is 17.3 Å². The molecule has 31 heavy (non-hydrogen) atoms. The summed E-state index contributed by atoms with van der Waals surface area (Å²) in [6.07, 6.45) is -3.92. The zero-order valence-corrected chi connectivity index (χ0v) is 18.4. The lowest BCUT2D eigenvalue weighted by atomic mass is 10.2. The van der Waals surface area contributed by atoms with Gasteiger partial charge in [0.25, 0.3) is 5.56 Å². The van der Waals surface area contributed by atoms with E-state index in [9.17, 15) is 33.3 Å². The second-order valence-electron chi connectivity index (χ2n) is 6.12. The number of thiophene rings is 1.